The third kappa shape index (κ3) is 3.98. The Hall–Kier alpha value is -2.20. The van der Waals surface area contributed by atoms with Gasteiger partial charge in [-0.2, -0.15) is 0 Å². The van der Waals surface area contributed by atoms with E-state index in [2.05, 4.69) is 34.5 Å². The van der Waals surface area contributed by atoms with Gasteiger partial charge in [0.25, 0.3) is 0 Å². The van der Waals surface area contributed by atoms with Crippen molar-refractivity contribution < 1.29 is 9.18 Å². The Morgan fingerprint density at radius 1 is 0.906 bits per heavy atom. The Balaban J connectivity index is 1.17. The number of hydrogen-bond donors (Lipinski definition) is 1. The van der Waals surface area contributed by atoms with E-state index in [-0.39, 0.29) is 11.7 Å². The zero-order valence-electron chi connectivity index (χ0n) is 19.0. The fourth-order valence-electron chi connectivity index (χ4n) is 6.56. The maximum absolute atomic E-state index is 13.5. The van der Waals surface area contributed by atoms with Crippen molar-refractivity contribution in [3.8, 4) is 0 Å². The lowest BCUT2D eigenvalue weighted by Crippen LogP contribution is -2.49. The maximum Gasteiger partial charge on any atom is 0.230 e. The van der Waals surface area contributed by atoms with Crippen LogP contribution >= 0.6 is 0 Å². The van der Waals surface area contributed by atoms with Crippen molar-refractivity contribution in [3.63, 3.8) is 0 Å². The van der Waals surface area contributed by atoms with Crippen LogP contribution < -0.4 is 5.32 Å². The van der Waals surface area contributed by atoms with Gasteiger partial charge in [-0.1, -0.05) is 55.7 Å². The smallest absolute Gasteiger partial charge is 0.230 e. The van der Waals surface area contributed by atoms with E-state index in [4.69, 9.17) is 0 Å². The molecule has 32 heavy (non-hydrogen) atoms. The van der Waals surface area contributed by atoms with Crippen molar-refractivity contribution in [1.82, 2.24) is 10.2 Å². The zero-order valence-corrected chi connectivity index (χ0v) is 19.0. The number of halogens is 1. The van der Waals surface area contributed by atoms with Gasteiger partial charge >= 0.3 is 0 Å². The van der Waals surface area contributed by atoms with Crippen LogP contribution in [-0.2, 0) is 22.0 Å². The first-order valence-corrected chi connectivity index (χ1v) is 12.5. The first-order chi connectivity index (χ1) is 15.6. The van der Waals surface area contributed by atoms with E-state index in [1.807, 2.05) is 12.1 Å². The summed E-state index contributed by atoms with van der Waals surface area (Å²) < 4.78 is 13.5. The molecule has 3 aliphatic rings. The molecular formula is C28H35FN2O. The van der Waals surface area contributed by atoms with Crippen LogP contribution in [0.5, 0.6) is 0 Å². The summed E-state index contributed by atoms with van der Waals surface area (Å²) in [7, 11) is 0. The van der Waals surface area contributed by atoms with Crippen LogP contribution in [0.4, 0.5) is 4.39 Å². The molecule has 3 nitrogen and oxygen atoms in total. The molecule has 1 aliphatic heterocycles. The van der Waals surface area contributed by atoms with Gasteiger partial charge in [-0.05, 0) is 85.9 Å². The molecule has 0 aromatic heterocycles. The van der Waals surface area contributed by atoms with Crippen LogP contribution in [0.15, 0.2) is 48.5 Å². The third-order valence-corrected chi connectivity index (χ3v) is 8.53. The normalized spacial score (nSPS) is 21.9. The van der Waals surface area contributed by atoms with Crippen molar-refractivity contribution in [2.45, 2.75) is 68.6 Å². The molecule has 1 heterocycles. The summed E-state index contributed by atoms with van der Waals surface area (Å²) in [6.07, 6.45) is 9.95. The van der Waals surface area contributed by atoms with Crippen molar-refractivity contribution >= 4 is 5.91 Å². The summed E-state index contributed by atoms with van der Waals surface area (Å²) in [5, 5.41) is 3.26. The van der Waals surface area contributed by atoms with Gasteiger partial charge in [0.15, 0.2) is 0 Å². The molecule has 0 bridgehead atoms. The van der Waals surface area contributed by atoms with E-state index in [0.717, 1.165) is 50.9 Å². The molecule has 4 heteroatoms. The number of amides is 1. The quantitative estimate of drug-likeness (QED) is 0.708. The molecule has 1 saturated carbocycles. The maximum atomic E-state index is 13.5. The van der Waals surface area contributed by atoms with Crippen LogP contribution in [0.3, 0.4) is 0 Å². The van der Waals surface area contributed by atoms with Crippen molar-refractivity contribution in [2.24, 2.45) is 0 Å². The molecule has 0 unspecified atom stereocenters. The Morgan fingerprint density at radius 2 is 1.62 bits per heavy atom. The summed E-state index contributed by atoms with van der Waals surface area (Å²) >= 11 is 0. The topological polar surface area (TPSA) is 32.3 Å². The van der Waals surface area contributed by atoms with Gasteiger partial charge in [0, 0.05) is 13.1 Å². The van der Waals surface area contributed by atoms with Gasteiger partial charge in [0.2, 0.25) is 5.91 Å². The van der Waals surface area contributed by atoms with Gasteiger partial charge in [-0.15, -0.1) is 0 Å². The molecule has 2 fully saturated rings. The molecule has 0 atom stereocenters. The lowest BCUT2D eigenvalue weighted by molar-refractivity contribution is -0.128. The Labute approximate surface area is 191 Å². The fourth-order valence-corrected chi connectivity index (χ4v) is 6.56. The molecule has 170 valence electrons. The van der Waals surface area contributed by atoms with Crippen LogP contribution in [0, 0.1) is 5.82 Å². The Morgan fingerprint density at radius 3 is 2.38 bits per heavy atom. The second kappa shape index (κ2) is 8.97. The number of piperidine rings is 1. The highest BCUT2D eigenvalue weighted by molar-refractivity contribution is 5.88. The molecular weight excluding hydrogens is 399 g/mol. The average Bonchev–Trinajstić information content (AvgIpc) is 3.19. The zero-order chi connectivity index (χ0) is 22.0. The molecule has 2 aromatic carbocycles. The molecule has 1 saturated heterocycles. The fraction of sp³-hybridized carbons (Fsp3) is 0.536. The van der Waals surface area contributed by atoms with E-state index in [1.165, 1.54) is 44.2 Å². The number of carbonyl (C=O) groups is 1. The first kappa shape index (κ1) is 21.6. The van der Waals surface area contributed by atoms with Crippen LogP contribution in [0.1, 0.15) is 68.1 Å². The highest BCUT2D eigenvalue weighted by Crippen LogP contribution is 2.46. The average molecular weight is 435 g/mol. The van der Waals surface area contributed by atoms with E-state index >= 15 is 0 Å². The van der Waals surface area contributed by atoms with Gasteiger partial charge in [0.05, 0.1) is 5.41 Å². The van der Waals surface area contributed by atoms with Gasteiger partial charge < -0.3 is 10.2 Å². The predicted octanol–water partition coefficient (Wildman–Crippen LogP) is 5.12. The number of nitrogens with zero attached hydrogens (tertiary/aromatic N) is 1. The van der Waals surface area contributed by atoms with Gasteiger partial charge in [-0.3, -0.25) is 4.79 Å². The van der Waals surface area contributed by atoms with E-state index < -0.39 is 5.41 Å². The summed E-state index contributed by atoms with van der Waals surface area (Å²) in [5.74, 6) is -0.116. The first-order valence-electron chi connectivity index (χ1n) is 12.5. The molecule has 2 aliphatic carbocycles. The largest absolute Gasteiger partial charge is 0.354 e. The number of likely N-dealkylation sites (tertiary alicyclic amines) is 1. The highest BCUT2D eigenvalue weighted by Gasteiger charge is 2.42. The van der Waals surface area contributed by atoms with Crippen molar-refractivity contribution in [2.75, 3.05) is 26.2 Å². The van der Waals surface area contributed by atoms with E-state index in [0.29, 0.717) is 12.0 Å². The molecule has 1 amide bonds. The minimum absolute atomic E-state index is 0.127. The minimum atomic E-state index is -0.495. The van der Waals surface area contributed by atoms with E-state index in [9.17, 15) is 9.18 Å². The number of benzene rings is 2. The molecule has 1 spiro atoms. The van der Waals surface area contributed by atoms with Gasteiger partial charge in [0.1, 0.15) is 5.82 Å². The second-order valence-corrected chi connectivity index (χ2v) is 10.2. The number of nitrogens with one attached hydrogen (secondary N) is 1. The number of carbonyl (C=O) groups excluding carboxylic acids is 1. The lowest BCUT2D eigenvalue weighted by Gasteiger charge is -2.40. The monoisotopic (exact) mass is 434 g/mol. The molecule has 0 radical (unpaired) electrons. The number of rotatable bonds is 5. The summed E-state index contributed by atoms with van der Waals surface area (Å²) in [6.45, 7) is 3.80. The number of fused-ring (bicyclic) bond motifs is 2. The van der Waals surface area contributed by atoms with Crippen molar-refractivity contribution in [1.29, 1.82) is 0 Å². The highest BCUT2D eigenvalue weighted by atomic mass is 19.1. The summed E-state index contributed by atoms with van der Waals surface area (Å²) in [5.41, 5.74) is 3.99. The van der Waals surface area contributed by atoms with Crippen LogP contribution in [0.25, 0.3) is 0 Å². The number of aryl methyl sites for hydroxylation is 1. The third-order valence-electron chi connectivity index (χ3n) is 8.53. The Kier molecular flexibility index (Phi) is 6.07. The van der Waals surface area contributed by atoms with Gasteiger partial charge in [-0.25, -0.2) is 4.39 Å². The van der Waals surface area contributed by atoms with E-state index in [1.54, 1.807) is 11.1 Å². The SMILES string of the molecule is O=C(NCCN1CCC2(CCc3ccccc32)CC1)C1(c2ccc(F)cc2)CCCCC1. The van der Waals surface area contributed by atoms with Crippen LogP contribution in [0.2, 0.25) is 0 Å². The Bertz CT molecular complexity index is 940. The molecule has 2 aromatic rings. The minimum Gasteiger partial charge on any atom is -0.354 e. The summed E-state index contributed by atoms with van der Waals surface area (Å²) in [6, 6.07) is 15.6. The molecule has 1 N–H and O–H groups in total. The lowest BCUT2D eigenvalue weighted by atomic mass is 9.68. The van der Waals surface area contributed by atoms with Crippen molar-refractivity contribution in [3.05, 3.63) is 71.0 Å². The standard InChI is InChI=1S/C28H35FN2O/c29-24-10-8-23(9-11-24)28(13-4-1-5-14-28)26(32)30-18-21-31-19-16-27(17-20-31)15-12-22-6-2-3-7-25(22)27/h2-3,6-11H,1,4-5,12-21H2,(H,30,32). The predicted molar refractivity (Wildman–Crippen MR) is 126 cm³/mol. The number of hydrogen-bond acceptors (Lipinski definition) is 2. The van der Waals surface area contributed by atoms with Crippen LogP contribution in [-0.4, -0.2) is 37.0 Å². The molecule has 5 rings (SSSR count). The second-order valence-electron chi connectivity index (χ2n) is 10.2. The summed E-state index contributed by atoms with van der Waals surface area (Å²) in [4.78, 5) is 15.9.